The lowest BCUT2D eigenvalue weighted by Crippen LogP contribution is -2.21. The molecule has 0 saturated carbocycles. The van der Waals surface area contributed by atoms with Crippen molar-refractivity contribution in [3.8, 4) is 0 Å². The van der Waals surface area contributed by atoms with Crippen LogP contribution in [0.3, 0.4) is 0 Å². The van der Waals surface area contributed by atoms with Crippen LogP contribution in [0, 0.1) is 0 Å². The summed E-state index contributed by atoms with van der Waals surface area (Å²) >= 11 is 1.11. The van der Waals surface area contributed by atoms with Crippen LogP contribution in [0.4, 0.5) is 5.69 Å². The zero-order chi connectivity index (χ0) is 12.8. The van der Waals surface area contributed by atoms with Crippen molar-refractivity contribution in [3.63, 3.8) is 0 Å². The molecule has 1 aromatic heterocycles. The van der Waals surface area contributed by atoms with E-state index in [9.17, 15) is 15.0 Å². The highest BCUT2D eigenvalue weighted by atomic mass is 32.2. The molecule has 0 radical (unpaired) electrons. The first-order chi connectivity index (χ1) is 8.02. The minimum Gasteiger partial charge on any atom is -0.397 e. The number of carbonyl (C=O) groups excluding carboxylic acids is 1. The first-order valence-corrected chi connectivity index (χ1v) is 6.20. The topological polar surface area (TPSA) is 96.4 Å². The van der Waals surface area contributed by atoms with Gasteiger partial charge >= 0.3 is 0 Å². The van der Waals surface area contributed by atoms with Gasteiger partial charge in [-0.1, -0.05) is 11.8 Å². The summed E-state index contributed by atoms with van der Waals surface area (Å²) < 4.78 is 0. The van der Waals surface area contributed by atoms with Gasteiger partial charge in [-0.05, 0) is 18.6 Å². The Labute approximate surface area is 104 Å². The number of nitrogen functional groups attached to an aromatic ring is 1. The van der Waals surface area contributed by atoms with Crippen LogP contribution in [-0.4, -0.2) is 32.2 Å². The second-order valence-electron chi connectivity index (χ2n) is 3.62. The summed E-state index contributed by atoms with van der Waals surface area (Å²) in [5.41, 5.74) is 6.26. The smallest absolute Gasteiger partial charge is 0.185 e. The Balaban J connectivity index is 2.55. The summed E-state index contributed by atoms with van der Waals surface area (Å²) in [6.45, 7) is 1.46. The van der Waals surface area contributed by atoms with Gasteiger partial charge in [0, 0.05) is 18.9 Å². The Morgan fingerprint density at radius 2 is 2.29 bits per heavy atom. The summed E-state index contributed by atoms with van der Waals surface area (Å²) in [5.74, 6) is 0.459. The third-order valence-corrected chi connectivity index (χ3v) is 3.08. The van der Waals surface area contributed by atoms with E-state index in [-0.39, 0.29) is 10.8 Å². The molecule has 0 spiro atoms. The van der Waals surface area contributed by atoms with Crippen molar-refractivity contribution in [2.75, 3.05) is 11.5 Å². The van der Waals surface area contributed by atoms with Gasteiger partial charge in [0.25, 0.3) is 0 Å². The van der Waals surface area contributed by atoms with Crippen LogP contribution in [0.1, 0.15) is 25.1 Å². The number of aromatic nitrogens is 1. The SMILES string of the molecule is CC(=O)SCCC(O)C(O)c1ncccc1N. The third-order valence-electron chi connectivity index (χ3n) is 2.23. The highest BCUT2D eigenvalue weighted by Gasteiger charge is 2.21. The maximum atomic E-state index is 10.7. The van der Waals surface area contributed by atoms with Crippen LogP contribution in [-0.2, 0) is 4.79 Å². The predicted octanol–water partition coefficient (Wildman–Crippen LogP) is 0.728. The molecule has 0 bridgehead atoms. The number of anilines is 1. The van der Waals surface area contributed by atoms with E-state index in [0.29, 0.717) is 17.9 Å². The van der Waals surface area contributed by atoms with Crippen LogP contribution in [0.5, 0.6) is 0 Å². The maximum absolute atomic E-state index is 10.7. The molecular weight excluding hydrogens is 240 g/mol. The van der Waals surface area contributed by atoms with E-state index in [0.717, 1.165) is 11.8 Å². The summed E-state index contributed by atoms with van der Waals surface area (Å²) in [5, 5.41) is 19.6. The molecule has 6 heteroatoms. The maximum Gasteiger partial charge on any atom is 0.185 e. The molecule has 0 aliphatic rings. The molecule has 2 atom stereocenters. The van der Waals surface area contributed by atoms with Gasteiger partial charge in [0.05, 0.1) is 17.5 Å². The highest BCUT2D eigenvalue weighted by molar-refractivity contribution is 8.13. The van der Waals surface area contributed by atoms with Gasteiger partial charge in [-0.15, -0.1) is 0 Å². The van der Waals surface area contributed by atoms with Crippen LogP contribution < -0.4 is 5.73 Å². The van der Waals surface area contributed by atoms with E-state index in [2.05, 4.69) is 4.98 Å². The molecular formula is C11H16N2O3S. The lowest BCUT2D eigenvalue weighted by Gasteiger charge is -2.18. The highest BCUT2D eigenvalue weighted by Crippen LogP contribution is 2.22. The Hall–Kier alpha value is -1.11. The molecule has 0 fully saturated rings. The number of nitrogens with zero attached hydrogens (tertiary/aromatic N) is 1. The van der Waals surface area contributed by atoms with Crippen LogP contribution in [0.15, 0.2) is 18.3 Å². The van der Waals surface area contributed by atoms with E-state index < -0.39 is 12.2 Å². The minimum atomic E-state index is -1.12. The summed E-state index contributed by atoms with van der Waals surface area (Å²) in [7, 11) is 0. The van der Waals surface area contributed by atoms with Crippen molar-refractivity contribution in [1.82, 2.24) is 4.98 Å². The molecule has 0 aromatic carbocycles. The number of pyridine rings is 1. The standard InChI is InChI=1S/C11H16N2O3S/c1-7(14)17-6-4-9(15)11(16)10-8(12)3-2-5-13-10/h2-3,5,9,11,15-16H,4,6,12H2,1H3. The molecule has 0 amide bonds. The van der Waals surface area contributed by atoms with Gasteiger partial charge in [-0.2, -0.15) is 0 Å². The average Bonchev–Trinajstić information content (AvgIpc) is 2.28. The molecule has 0 aliphatic carbocycles. The largest absolute Gasteiger partial charge is 0.397 e. The second-order valence-corrected chi connectivity index (χ2v) is 4.89. The van der Waals surface area contributed by atoms with Gasteiger partial charge in [0.15, 0.2) is 5.12 Å². The first kappa shape index (κ1) is 14.0. The van der Waals surface area contributed by atoms with E-state index in [4.69, 9.17) is 5.73 Å². The normalized spacial score (nSPS) is 14.3. The van der Waals surface area contributed by atoms with Crippen molar-refractivity contribution >= 4 is 22.6 Å². The Morgan fingerprint density at radius 1 is 1.59 bits per heavy atom. The molecule has 94 valence electrons. The number of thioether (sulfide) groups is 1. The number of aliphatic hydroxyl groups excluding tert-OH is 2. The molecule has 1 aromatic rings. The summed E-state index contributed by atoms with van der Waals surface area (Å²) in [6.07, 6.45) is -0.282. The fourth-order valence-electron chi connectivity index (χ4n) is 1.34. The van der Waals surface area contributed by atoms with Crippen LogP contribution in [0.2, 0.25) is 0 Å². The molecule has 5 nitrogen and oxygen atoms in total. The van der Waals surface area contributed by atoms with Crippen molar-refractivity contribution in [2.24, 2.45) is 0 Å². The first-order valence-electron chi connectivity index (χ1n) is 5.22. The van der Waals surface area contributed by atoms with E-state index in [1.165, 1.54) is 13.1 Å². The second kappa shape index (κ2) is 6.58. The van der Waals surface area contributed by atoms with Crippen LogP contribution >= 0.6 is 11.8 Å². The molecule has 4 N–H and O–H groups in total. The fourth-order valence-corrected chi connectivity index (χ4v) is 1.99. The molecule has 0 aliphatic heterocycles. The molecule has 0 saturated heterocycles. The summed E-state index contributed by atoms with van der Waals surface area (Å²) in [6, 6.07) is 3.27. The number of nitrogens with two attached hydrogens (primary N) is 1. The zero-order valence-electron chi connectivity index (χ0n) is 9.54. The number of rotatable bonds is 5. The minimum absolute atomic E-state index is 0.0101. The molecule has 1 rings (SSSR count). The van der Waals surface area contributed by atoms with Gasteiger partial charge in [0.2, 0.25) is 0 Å². The van der Waals surface area contributed by atoms with Crippen molar-refractivity contribution in [3.05, 3.63) is 24.0 Å². The van der Waals surface area contributed by atoms with E-state index in [1.54, 1.807) is 12.1 Å². The van der Waals surface area contributed by atoms with Crippen molar-refractivity contribution in [2.45, 2.75) is 25.6 Å². The molecule has 1 heterocycles. The lowest BCUT2D eigenvalue weighted by molar-refractivity contribution is -0.109. The number of hydrogen-bond acceptors (Lipinski definition) is 6. The van der Waals surface area contributed by atoms with Crippen molar-refractivity contribution in [1.29, 1.82) is 0 Å². The Morgan fingerprint density at radius 3 is 2.88 bits per heavy atom. The predicted molar refractivity (Wildman–Crippen MR) is 67.4 cm³/mol. The van der Waals surface area contributed by atoms with E-state index >= 15 is 0 Å². The van der Waals surface area contributed by atoms with Crippen molar-refractivity contribution < 1.29 is 15.0 Å². The van der Waals surface area contributed by atoms with Gasteiger partial charge < -0.3 is 15.9 Å². The zero-order valence-corrected chi connectivity index (χ0v) is 10.4. The number of hydrogen-bond donors (Lipinski definition) is 3. The van der Waals surface area contributed by atoms with Gasteiger partial charge in [0.1, 0.15) is 6.10 Å². The average molecular weight is 256 g/mol. The molecule has 2 unspecified atom stereocenters. The van der Waals surface area contributed by atoms with Crippen LogP contribution in [0.25, 0.3) is 0 Å². The third kappa shape index (κ3) is 4.33. The fraction of sp³-hybridized carbons (Fsp3) is 0.455. The Bertz CT molecular complexity index is 387. The lowest BCUT2D eigenvalue weighted by atomic mass is 10.1. The van der Waals surface area contributed by atoms with Gasteiger partial charge in [-0.3, -0.25) is 9.78 Å². The monoisotopic (exact) mass is 256 g/mol. The number of aliphatic hydroxyl groups is 2. The summed E-state index contributed by atoms with van der Waals surface area (Å²) in [4.78, 5) is 14.6. The number of carbonyl (C=O) groups is 1. The quantitative estimate of drug-likeness (QED) is 0.718. The van der Waals surface area contributed by atoms with Gasteiger partial charge in [-0.25, -0.2) is 0 Å². The molecule has 17 heavy (non-hydrogen) atoms. The van der Waals surface area contributed by atoms with E-state index in [1.807, 2.05) is 0 Å². The Kier molecular flexibility index (Phi) is 5.40.